The zero-order valence-corrected chi connectivity index (χ0v) is 21.2. The Labute approximate surface area is 214 Å². The Morgan fingerprint density at radius 1 is 1.19 bits per heavy atom. The van der Waals surface area contributed by atoms with Gasteiger partial charge in [-0.25, -0.2) is 13.8 Å². The Morgan fingerprint density at radius 2 is 2.03 bits per heavy atom. The largest absolute Gasteiger partial charge is 0.385 e. The fraction of sp³-hybridized carbons (Fsp3) is 0.556. The highest BCUT2D eigenvalue weighted by Crippen LogP contribution is 2.46. The molecule has 2 aromatic rings. The SMILES string of the molecule is N=C(C1=C(NC2CCOCC2)CCNC1)N1CCCc2cc(-c3cnc(C4CC4)s3)c(C(F)F)cc21. The minimum absolute atomic E-state index is 0.0377. The van der Waals surface area contributed by atoms with E-state index in [1.165, 1.54) is 0 Å². The number of ether oxygens (including phenoxy) is 1. The van der Waals surface area contributed by atoms with Crippen molar-refractivity contribution in [3.63, 3.8) is 0 Å². The number of aromatic nitrogens is 1. The van der Waals surface area contributed by atoms with Gasteiger partial charge in [-0.2, -0.15) is 0 Å². The smallest absolute Gasteiger partial charge is 0.264 e. The van der Waals surface area contributed by atoms with Crippen molar-refractivity contribution in [1.82, 2.24) is 15.6 Å². The molecule has 36 heavy (non-hydrogen) atoms. The molecule has 9 heteroatoms. The summed E-state index contributed by atoms with van der Waals surface area (Å²) in [4.78, 5) is 7.30. The van der Waals surface area contributed by atoms with Gasteiger partial charge in [-0.15, -0.1) is 11.3 Å². The van der Waals surface area contributed by atoms with Crippen molar-refractivity contribution in [2.45, 2.75) is 63.3 Å². The minimum atomic E-state index is -2.59. The molecule has 192 valence electrons. The summed E-state index contributed by atoms with van der Waals surface area (Å²) < 4.78 is 34.2. The van der Waals surface area contributed by atoms with E-state index in [1.807, 2.05) is 11.0 Å². The molecule has 4 heterocycles. The zero-order chi connectivity index (χ0) is 24.6. The molecule has 1 aromatic carbocycles. The van der Waals surface area contributed by atoms with Crippen LogP contribution in [0.1, 0.15) is 67.0 Å². The molecule has 2 fully saturated rings. The first-order valence-corrected chi connectivity index (χ1v) is 13.9. The molecular weight excluding hydrogens is 480 g/mol. The van der Waals surface area contributed by atoms with Gasteiger partial charge in [0.25, 0.3) is 6.43 Å². The number of rotatable bonds is 6. The lowest BCUT2D eigenvalue weighted by Crippen LogP contribution is -2.44. The topological polar surface area (TPSA) is 73.3 Å². The van der Waals surface area contributed by atoms with E-state index in [4.69, 9.17) is 4.74 Å². The second kappa shape index (κ2) is 10.2. The van der Waals surface area contributed by atoms with Gasteiger partial charge < -0.3 is 20.3 Å². The summed E-state index contributed by atoms with van der Waals surface area (Å²) in [7, 11) is 0. The lowest BCUT2D eigenvalue weighted by Gasteiger charge is -2.36. The van der Waals surface area contributed by atoms with Gasteiger partial charge in [0, 0.05) is 85.5 Å². The second-order valence-corrected chi connectivity index (χ2v) is 11.3. The Morgan fingerprint density at radius 3 is 2.81 bits per heavy atom. The summed E-state index contributed by atoms with van der Waals surface area (Å²) >= 11 is 1.55. The van der Waals surface area contributed by atoms with E-state index in [-0.39, 0.29) is 5.56 Å². The standard InChI is InChI=1S/C27H33F2N5OS/c28-25(29)20-13-23-17(12-19(20)24-15-32-27(36-24)16-3-4-16)2-1-9-34(23)26(30)21-14-31-8-5-22(21)33-18-6-10-35-11-7-18/h12-13,15-16,18,25,30-31,33H,1-11,14H2. The Hall–Kier alpha value is -2.36. The monoisotopic (exact) mass is 513 g/mol. The third kappa shape index (κ3) is 4.80. The summed E-state index contributed by atoms with van der Waals surface area (Å²) in [5.41, 5.74) is 4.48. The predicted octanol–water partition coefficient (Wildman–Crippen LogP) is 5.37. The molecule has 3 N–H and O–H groups in total. The van der Waals surface area contributed by atoms with Crippen LogP contribution in [0, 0.1) is 5.41 Å². The van der Waals surface area contributed by atoms with Crippen LogP contribution >= 0.6 is 11.3 Å². The molecule has 6 nitrogen and oxygen atoms in total. The lowest BCUT2D eigenvalue weighted by atomic mass is 9.93. The van der Waals surface area contributed by atoms with Crippen molar-refractivity contribution in [2.75, 3.05) is 37.7 Å². The van der Waals surface area contributed by atoms with Crippen LogP contribution in [0.2, 0.25) is 0 Å². The van der Waals surface area contributed by atoms with Crippen LogP contribution in [0.5, 0.6) is 0 Å². The van der Waals surface area contributed by atoms with Gasteiger partial charge in [-0.05, 0) is 56.2 Å². The molecule has 0 bridgehead atoms. The van der Waals surface area contributed by atoms with Gasteiger partial charge in [-0.1, -0.05) is 0 Å². The molecule has 0 radical (unpaired) electrons. The quantitative estimate of drug-likeness (QED) is 0.358. The number of hydrogen-bond donors (Lipinski definition) is 3. The Balaban J connectivity index is 1.33. The van der Waals surface area contributed by atoms with Gasteiger partial charge in [0.05, 0.1) is 9.88 Å². The number of nitrogens with one attached hydrogen (secondary N) is 3. The van der Waals surface area contributed by atoms with E-state index in [0.29, 0.717) is 36.4 Å². The van der Waals surface area contributed by atoms with E-state index < -0.39 is 6.43 Å². The third-order valence-corrected chi connectivity index (χ3v) is 8.89. The highest BCUT2D eigenvalue weighted by Gasteiger charge is 2.31. The second-order valence-electron chi connectivity index (χ2n) is 10.2. The highest BCUT2D eigenvalue weighted by atomic mass is 32.1. The van der Waals surface area contributed by atoms with Crippen molar-refractivity contribution in [3.05, 3.63) is 45.7 Å². The van der Waals surface area contributed by atoms with Gasteiger partial charge in [0.15, 0.2) is 0 Å². The average molecular weight is 514 g/mol. The van der Waals surface area contributed by atoms with Gasteiger partial charge in [-0.3, -0.25) is 5.41 Å². The van der Waals surface area contributed by atoms with Gasteiger partial charge in [0.1, 0.15) is 5.84 Å². The van der Waals surface area contributed by atoms with Crippen molar-refractivity contribution >= 4 is 22.9 Å². The molecule has 0 amide bonds. The molecule has 0 atom stereocenters. The molecule has 4 aliphatic rings. The summed E-state index contributed by atoms with van der Waals surface area (Å²) in [6.07, 6.45) is 5.95. The molecule has 1 saturated carbocycles. The van der Waals surface area contributed by atoms with Crippen molar-refractivity contribution in [3.8, 4) is 10.4 Å². The van der Waals surface area contributed by atoms with E-state index in [9.17, 15) is 14.2 Å². The normalized spacial score (nSPS) is 21.1. The molecule has 1 saturated heterocycles. The van der Waals surface area contributed by atoms with Crippen LogP contribution in [-0.4, -0.2) is 49.7 Å². The fourth-order valence-electron chi connectivity index (χ4n) is 5.53. The maximum atomic E-state index is 14.3. The fourth-order valence-corrected chi connectivity index (χ4v) is 6.65. The van der Waals surface area contributed by atoms with Crippen LogP contribution in [0.25, 0.3) is 10.4 Å². The van der Waals surface area contributed by atoms with Crippen LogP contribution in [0.15, 0.2) is 29.6 Å². The number of anilines is 1. The van der Waals surface area contributed by atoms with Crippen molar-refractivity contribution < 1.29 is 13.5 Å². The van der Waals surface area contributed by atoms with Gasteiger partial charge >= 0.3 is 0 Å². The number of benzene rings is 1. The summed E-state index contributed by atoms with van der Waals surface area (Å²) in [5.74, 6) is 0.924. The number of hydrogen-bond acceptors (Lipinski definition) is 6. The minimum Gasteiger partial charge on any atom is -0.385 e. The van der Waals surface area contributed by atoms with Gasteiger partial charge in [0.2, 0.25) is 0 Å². The number of alkyl halides is 2. The number of thiazole rings is 1. The molecule has 3 aliphatic heterocycles. The average Bonchev–Trinajstić information content (AvgIpc) is 3.64. The van der Waals surface area contributed by atoms with Crippen LogP contribution < -0.4 is 15.5 Å². The maximum Gasteiger partial charge on any atom is 0.264 e. The van der Waals surface area contributed by atoms with E-state index in [2.05, 4.69) is 15.6 Å². The zero-order valence-electron chi connectivity index (χ0n) is 20.4. The molecule has 6 rings (SSSR count). The summed E-state index contributed by atoms with van der Waals surface area (Å²) in [6, 6.07) is 3.94. The summed E-state index contributed by atoms with van der Waals surface area (Å²) in [5, 5.41) is 17.3. The van der Waals surface area contributed by atoms with Crippen LogP contribution in [-0.2, 0) is 11.2 Å². The number of fused-ring (bicyclic) bond motifs is 1. The van der Waals surface area contributed by atoms with Crippen LogP contribution in [0.4, 0.5) is 14.5 Å². The lowest BCUT2D eigenvalue weighted by molar-refractivity contribution is 0.0800. The first-order chi connectivity index (χ1) is 17.6. The predicted molar refractivity (Wildman–Crippen MR) is 139 cm³/mol. The number of amidine groups is 1. The summed E-state index contributed by atoms with van der Waals surface area (Å²) in [6.45, 7) is 3.66. The van der Waals surface area contributed by atoms with E-state index >= 15 is 0 Å². The van der Waals surface area contributed by atoms with Crippen molar-refractivity contribution in [1.29, 1.82) is 5.41 Å². The van der Waals surface area contributed by atoms with E-state index in [1.54, 1.807) is 23.6 Å². The molecule has 1 aliphatic carbocycles. The first-order valence-electron chi connectivity index (χ1n) is 13.1. The Bertz CT molecular complexity index is 1170. The van der Waals surface area contributed by atoms with E-state index in [0.717, 1.165) is 97.1 Å². The third-order valence-electron chi connectivity index (χ3n) is 7.69. The molecular formula is C27H33F2N5OS. The number of halogens is 2. The number of aryl methyl sites for hydroxylation is 1. The molecule has 1 aromatic heterocycles. The Kier molecular flexibility index (Phi) is 6.79. The highest BCUT2D eigenvalue weighted by molar-refractivity contribution is 7.15. The molecule has 0 spiro atoms. The molecule has 0 unspecified atom stereocenters. The maximum absolute atomic E-state index is 14.3. The number of nitrogens with zero attached hydrogens (tertiary/aromatic N) is 2. The van der Waals surface area contributed by atoms with Crippen LogP contribution in [0.3, 0.4) is 0 Å². The van der Waals surface area contributed by atoms with Crippen molar-refractivity contribution in [2.24, 2.45) is 0 Å². The first kappa shape index (κ1) is 24.0.